The Morgan fingerprint density at radius 2 is 1.86 bits per heavy atom. The smallest absolute Gasteiger partial charge is 0.137 e. The quantitative estimate of drug-likeness (QED) is 0.749. The molecule has 0 bridgehead atoms. The van der Waals surface area contributed by atoms with Gasteiger partial charge in [0.2, 0.25) is 0 Å². The van der Waals surface area contributed by atoms with Crippen molar-refractivity contribution in [3.05, 3.63) is 48.7 Å². The number of anilines is 1. The summed E-state index contributed by atoms with van der Waals surface area (Å²) < 4.78 is 3.56. The zero-order valence-electron chi connectivity index (χ0n) is 11.9. The first-order valence-corrected chi connectivity index (χ1v) is 7.16. The van der Waals surface area contributed by atoms with Gasteiger partial charge >= 0.3 is 0 Å². The minimum Gasteiger partial charge on any atom is -0.348 e. The highest BCUT2D eigenvalue weighted by Crippen LogP contribution is 2.22. The molecular formula is C13H15ClN8. The molecule has 3 rings (SSSR count). The minimum absolute atomic E-state index is 0.115. The van der Waals surface area contributed by atoms with Crippen molar-refractivity contribution in [2.45, 2.75) is 25.6 Å². The van der Waals surface area contributed by atoms with Gasteiger partial charge in [-0.15, -0.1) is 0 Å². The number of aromatic nitrogens is 7. The molecule has 22 heavy (non-hydrogen) atoms. The molecule has 1 N–H and O–H groups in total. The minimum atomic E-state index is -0.115. The van der Waals surface area contributed by atoms with Gasteiger partial charge in [0.25, 0.3) is 0 Å². The zero-order valence-corrected chi connectivity index (χ0v) is 12.7. The Hall–Kier alpha value is -2.48. The summed E-state index contributed by atoms with van der Waals surface area (Å²) >= 11 is 5.86. The number of hydrogen-bond donors (Lipinski definition) is 1. The lowest BCUT2D eigenvalue weighted by Crippen LogP contribution is -2.23. The van der Waals surface area contributed by atoms with Crippen molar-refractivity contribution in [1.29, 1.82) is 0 Å². The number of pyridine rings is 1. The monoisotopic (exact) mass is 318 g/mol. The van der Waals surface area contributed by atoms with Crippen LogP contribution >= 0.6 is 11.6 Å². The average Bonchev–Trinajstić information content (AvgIpc) is 3.22. The molecule has 2 atom stereocenters. The Bertz CT molecular complexity index is 679. The van der Waals surface area contributed by atoms with E-state index in [9.17, 15) is 0 Å². The molecule has 114 valence electrons. The fourth-order valence-electron chi connectivity index (χ4n) is 2.12. The van der Waals surface area contributed by atoms with E-state index >= 15 is 0 Å². The third-order valence-electron chi connectivity index (χ3n) is 3.25. The zero-order chi connectivity index (χ0) is 15.4. The first-order chi connectivity index (χ1) is 10.7. The van der Waals surface area contributed by atoms with E-state index in [0.29, 0.717) is 5.02 Å². The molecule has 0 aliphatic carbocycles. The van der Waals surface area contributed by atoms with Crippen LogP contribution in [0, 0.1) is 0 Å². The summed E-state index contributed by atoms with van der Waals surface area (Å²) in [6.45, 7) is 2.07. The van der Waals surface area contributed by atoms with E-state index in [4.69, 9.17) is 11.6 Å². The van der Waals surface area contributed by atoms with Crippen molar-refractivity contribution in [3.8, 4) is 0 Å². The van der Waals surface area contributed by atoms with Gasteiger partial charge in [0.05, 0.1) is 11.1 Å². The van der Waals surface area contributed by atoms with Crippen LogP contribution < -0.4 is 5.32 Å². The van der Waals surface area contributed by atoms with Gasteiger partial charge in [-0.1, -0.05) is 11.6 Å². The van der Waals surface area contributed by atoms with Crippen molar-refractivity contribution in [3.63, 3.8) is 0 Å². The van der Waals surface area contributed by atoms with Gasteiger partial charge in [-0.3, -0.25) is 4.68 Å². The van der Waals surface area contributed by atoms with Gasteiger partial charge in [0.1, 0.15) is 37.3 Å². The summed E-state index contributed by atoms with van der Waals surface area (Å²) in [6, 6.07) is 3.75. The van der Waals surface area contributed by atoms with E-state index < -0.39 is 0 Å². The first-order valence-electron chi connectivity index (χ1n) is 6.78. The van der Waals surface area contributed by atoms with Crippen molar-refractivity contribution < 1.29 is 0 Å². The molecule has 8 nitrogen and oxygen atoms in total. The van der Waals surface area contributed by atoms with Gasteiger partial charge in [-0.2, -0.15) is 10.2 Å². The third kappa shape index (κ3) is 3.40. The van der Waals surface area contributed by atoms with E-state index in [1.54, 1.807) is 34.3 Å². The third-order valence-corrected chi connectivity index (χ3v) is 3.47. The SMILES string of the molecule is C[C@@H](C[C@H](Nc1ccc(Cl)cn1)n1cncn1)n1cncn1. The van der Waals surface area contributed by atoms with E-state index in [1.165, 1.54) is 12.7 Å². The van der Waals surface area contributed by atoms with Crippen molar-refractivity contribution in [2.75, 3.05) is 5.32 Å². The number of nitrogens with one attached hydrogen (secondary N) is 1. The standard InChI is InChI=1S/C13H15ClN8/c1-10(21-8-15-6-18-21)4-13(22-9-16-7-19-22)20-12-3-2-11(14)5-17-12/h2-3,5-10,13H,4H2,1H3,(H,17,20)/t10-,13+/m0/s1. The lowest BCUT2D eigenvalue weighted by Gasteiger charge is -2.22. The van der Waals surface area contributed by atoms with Crippen LogP contribution in [0.15, 0.2) is 43.6 Å². The Morgan fingerprint density at radius 3 is 2.45 bits per heavy atom. The van der Waals surface area contributed by atoms with Crippen LogP contribution in [-0.2, 0) is 0 Å². The summed E-state index contributed by atoms with van der Waals surface area (Å²) in [4.78, 5) is 12.2. The van der Waals surface area contributed by atoms with Crippen molar-refractivity contribution >= 4 is 17.4 Å². The van der Waals surface area contributed by atoms with Crippen molar-refractivity contribution in [1.82, 2.24) is 34.5 Å². The predicted molar refractivity (Wildman–Crippen MR) is 81.3 cm³/mol. The van der Waals surface area contributed by atoms with Crippen LogP contribution in [0.4, 0.5) is 5.82 Å². The topological polar surface area (TPSA) is 86.3 Å². The molecule has 0 saturated carbocycles. The molecule has 0 radical (unpaired) electrons. The molecule has 0 aliphatic rings. The van der Waals surface area contributed by atoms with Crippen LogP contribution in [0.25, 0.3) is 0 Å². The molecule has 0 saturated heterocycles. The molecule has 3 aromatic rings. The molecule has 0 aromatic carbocycles. The summed E-state index contributed by atoms with van der Waals surface area (Å²) in [5.74, 6) is 0.718. The van der Waals surface area contributed by atoms with E-state index in [2.05, 4.69) is 37.4 Å². The number of nitrogens with zero attached hydrogens (tertiary/aromatic N) is 7. The Morgan fingerprint density at radius 1 is 1.14 bits per heavy atom. The summed E-state index contributed by atoms with van der Waals surface area (Å²) in [7, 11) is 0. The molecule has 3 heterocycles. The molecule has 0 aliphatic heterocycles. The van der Waals surface area contributed by atoms with E-state index in [-0.39, 0.29) is 12.2 Å². The van der Waals surface area contributed by atoms with Gasteiger partial charge < -0.3 is 5.32 Å². The van der Waals surface area contributed by atoms with Crippen LogP contribution in [0.1, 0.15) is 25.6 Å². The highest BCUT2D eigenvalue weighted by atomic mass is 35.5. The lowest BCUT2D eigenvalue weighted by molar-refractivity contribution is 0.363. The Labute approximate surface area is 132 Å². The van der Waals surface area contributed by atoms with Crippen LogP contribution in [-0.4, -0.2) is 34.5 Å². The molecule has 0 unspecified atom stereocenters. The highest BCUT2D eigenvalue weighted by molar-refractivity contribution is 6.30. The number of halogens is 1. The molecule has 0 spiro atoms. The van der Waals surface area contributed by atoms with Crippen molar-refractivity contribution in [2.24, 2.45) is 0 Å². The average molecular weight is 319 g/mol. The number of rotatable bonds is 6. The summed E-state index contributed by atoms with van der Waals surface area (Å²) in [5, 5.41) is 12.3. The lowest BCUT2D eigenvalue weighted by atomic mass is 10.2. The molecule has 0 fully saturated rings. The second kappa shape index (κ2) is 6.52. The van der Waals surface area contributed by atoms with Gasteiger partial charge in [-0.05, 0) is 19.1 Å². The highest BCUT2D eigenvalue weighted by Gasteiger charge is 2.17. The maximum atomic E-state index is 5.86. The van der Waals surface area contributed by atoms with Crippen LogP contribution in [0.3, 0.4) is 0 Å². The van der Waals surface area contributed by atoms with Crippen LogP contribution in [0.2, 0.25) is 5.02 Å². The maximum Gasteiger partial charge on any atom is 0.137 e. The van der Waals surface area contributed by atoms with Gasteiger partial charge in [0, 0.05) is 12.6 Å². The second-order valence-electron chi connectivity index (χ2n) is 4.86. The van der Waals surface area contributed by atoms with E-state index in [1.807, 2.05) is 6.07 Å². The van der Waals surface area contributed by atoms with Crippen LogP contribution in [0.5, 0.6) is 0 Å². The Kier molecular flexibility index (Phi) is 4.29. The van der Waals surface area contributed by atoms with Gasteiger partial charge in [0.15, 0.2) is 0 Å². The largest absolute Gasteiger partial charge is 0.348 e. The normalized spacial score (nSPS) is 13.7. The fraction of sp³-hybridized carbons (Fsp3) is 0.308. The van der Waals surface area contributed by atoms with E-state index in [0.717, 1.165) is 12.2 Å². The molecule has 3 aromatic heterocycles. The predicted octanol–water partition coefficient (Wildman–Crippen LogP) is 2.18. The summed E-state index contributed by atoms with van der Waals surface area (Å²) in [5.41, 5.74) is 0. The van der Waals surface area contributed by atoms with Gasteiger partial charge in [-0.25, -0.2) is 19.6 Å². The number of hydrogen-bond acceptors (Lipinski definition) is 6. The molecule has 0 amide bonds. The fourth-order valence-corrected chi connectivity index (χ4v) is 2.23. The molecule has 9 heteroatoms. The molecular weight excluding hydrogens is 304 g/mol. The second-order valence-corrected chi connectivity index (χ2v) is 5.29. The first kappa shape index (κ1) is 14.5. The Balaban J connectivity index is 1.77. The maximum absolute atomic E-state index is 5.86. The summed E-state index contributed by atoms with van der Waals surface area (Å²) in [6.07, 6.45) is 8.61.